The van der Waals surface area contributed by atoms with Crippen LogP contribution in [0.1, 0.15) is 5.56 Å². The van der Waals surface area contributed by atoms with Crippen LogP contribution in [0.15, 0.2) is 34.8 Å². The summed E-state index contributed by atoms with van der Waals surface area (Å²) in [6.45, 7) is 1.92. The first-order chi connectivity index (χ1) is 9.47. The first kappa shape index (κ1) is 13.5. The Kier molecular flexibility index (Phi) is 3.22. The van der Waals surface area contributed by atoms with Gasteiger partial charge in [-0.3, -0.25) is 4.57 Å². The van der Waals surface area contributed by atoms with Crippen molar-refractivity contribution >= 4 is 39.2 Å². The van der Waals surface area contributed by atoms with Crippen molar-refractivity contribution in [3.05, 3.63) is 56.8 Å². The fourth-order valence-electron chi connectivity index (χ4n) is 2.22. The quantitative estimate of drug-likeness (QED) is 0.607. The molecule has 0 aliphatic carbocycles. The SMILES string of the molecule is Cc1cc(Br)cc(-n2c(=S)[nH]c3ccc(F)c(F)c32)c1. The molecule has 1 N–H and O–H groups in total. The standard InChI is InChI=1S/C14H9BrF2N2S/c1-7-4-8(15)6-9(5-7)19-13-11(18-14(19)20)3-2-10(16)12(13)17/h2-6H,1H3,(H,18,20). The number of fused-ring (bicyclic) bond motifs is 1. The fourth-order valence-corrected chi connectivity index (χ4v) is 3.13. The Bertz CT molecular complexity index is 862. The molecule has 6 heteroatoms. The second kappa shape index (κ2) is 4.79. The monoisotopic (exact) mass is 354 g/mol. The van der Waals surface area contributed by atoms with Gasteiger partial charge >= 0.3 is 0 Å². The molecule has 0 spiro atoms. The molecular formula is C14H9BrF2N2S. The van der Waals surface area contributed by atoms with Gasteiger partial charge in [0, 0.05) is 10.2 Å². The summed E-state index contributed by atoms with van der Waals surface area (Å²) in [4.78, 5) is 2.89. The number of nitrogens with zero attached hydrogens (tertiary/aromatic N) is 1. The largest absolute Gasteiger partial charge is 0.330 e. The average molecular weight is 355 g/mol. The number of aryl methyl sites for hydroxylation is 1. The first-order valence-electron chi connectivity index (χ1n) is 5.83. The summed E-state index contributed by atoms with van der Waals surface area (Å²) in [6.07, 6.45) is 0. The third-order valence-electron chi connectivity index (χ3n) is 3.02. The lowest BCUT2D eigenvalue weighted by Gasteiger charge is -2.07. The van der Waals surface area contributed by atoms with Crippen molar-refractivity contribution < 1.29 is 8.78 Å². The summed E-state index contributed by atoms with van der Waals surface area (Å²) in [5, 5.41) is 0. The zero-order valence-corrected chi connectivity index (χ0v) is 12.8. The van der Waals surface area contributed by atoms with Crippen LogP contribution in [0.5, 0.6) is 0 Å². The van der Waals surface area contributed by atoms with Crippen molar-refractivity contribution in [3.8, 4) is 5.69 Å². The third-order valence-corrected chi connectivity index (χ3v) is 3.76. The lowest BCUT2D eigenvalue weighted by atomic mass is 10.2. The highest BCUT2D eigenvalue weighted by atomic mass is 79.9. The van der Waals surface area contributed by atoms with Crippen LogP contribution in [-0.2, 0) is 0 Å². The molecule has 3 aromatic rings. The van der Waals surface area contributed by atoms with Gasteiger partial charge in [0.1, 0.15) is 5.52 Å². The summed E-state index contributed by atoms with van der Waals surface area (Å²) < 4.78 is 30.2. The smallest absolute Gasteiger partial charge is 0.184 e. The van der Waals surface area contributed by atoms with E-state index >= 15 is 0 Å². The summed E-state index contributed by atoms with van der Waals surface area (Å²) in [5.74, 6) is -1.81. The van der Waals surface area contributed by atoms with Gasteiger partial charge in [-0.05, 0) is 55.0 Å². The van der Waals surface area contributed by atoms with Crippen molar-refractivity contribution in [2.75, 3.05) is 0 Å². The molecule has 1 heterocycles. The lowest BCUT2D eigenvalue weighted by Crippen LogP contribution is -1.98. The number of H-pyrrole nitrogens is 1. The maximum atomic E-state index is 14.1. The number of rotatable bonds is 1. The van der Waals surface area contributed by atoms with Gasteiger partial charge in [0.15, 0.2) is 16.4 Å². The number of nitrogens with one attached hydrogen (secondary N) is 1. The zero-order valence-electron chi connectivity index (χ0n) is 10.4. The van der Waals surface area contributed by atoms with Crippen molar-refractivity contribution in [2.45, 2.75) is 6.92 Å². The van der Waals surface area contributed by atoms with E-state index < -0.39 is 11.6 Å². The molecule has 0 saturated heterocycles. The Morgan fingerprint density at radius 3 is 2.65 bits per heavy atom. The molecule has 2 nitrogen and oxygen atoms in total. The van der Waals surface area contributed by atoms with Crippen LogP contribution in [0.25, 0.3) is 16.7 Å². The van der Waals surface area contributed by atoms with E-state index in [4.69, 9.17) is 12.2 Å². The minimum absolute atomic E-state index is 0.118. The maximum Gasteiger partial charge on any atom is 0.184 e. The number of aromatic amines is 1. The predicted molar refractivity (Wildman–Crippen MR) is 80.8 cm³/mol. The van der Waals surface area contributed by atoms with Crippen molar-refractivity contribution in [3.63, 3.8) is 0 Å². The molecule has 0 fully saturated rings. The van der Waals surface area contributed by atoms with Crippen LogP contribution >= 0.6 is 28.1 Å². The molecule has 2 aromatic carbocycles. The van der Waals surface area contributed by atoms with Crippen LogP contribution < -0.4 is 0 Å². The first-order valence-corrected chi connectivity index (χ1v) is 7.04. The number of benzene rings is 2. The third kappa shape index (κ3) is 2.09. The molecule has 0 bridgehead atoms. The molecular weight excluding hydrogens is 346 g/mol. The van der Waals surface area contributed by atoms with E-state index in [0.717, 1.165) is 16.1 Å². The van der Waals surface area contributed by atoms with E-state index in [0.29, 0.717) is 16.0 Å². The maximum absolute atomic E-state index is 14.1. The molecule has 1 aromatic heterocycles. The normalized spacial score (nSPS) is 11.2. The van der Waals surface area contributed by atoms with Gasteiger partial charge in [-0.15, -0.1) is 0 Å². The summed E-state index contributed by atoms with van der Waals surface area (Å²) in [5.41, 5.74) is 2.25. The Labute approximate surface area is 127 Å². The number of hydrogen-bond donors (Lipinski definition) is 1. The molecule has 0 saturated carbocycles. The topological polar surface area (TPSA) is 20.7 Å². The minimum atomic E-state index is -0.910. The minimum Gasteiger partial charge on any atom is -0.330 e. The van der Waals surface area contributed by atoms with Gasteiger partial charge in [0.05, 0.1) is 5.52 Å². The van der Waals surface area contributed by atoms with Gasteiger partial charge in [-0.25, -0.2) is 8.78 Å². The highest BCUT2D eigenvalue weighted by Gasteiger charge is 2.15. The molecule has 0 unspecified atom stereocenters. The Morgan fingerprint density at radius 1 is 1.20 bits per heavy atom. The van der Waals surface area contributed by atoms with Crippen LogP contribution in [0.3, 0.4) is 0 Å². The van der Waals surface area contributed by atoms with E-state index in [1.54, 1.807) is 6.07 Å². The van der Waals surface area contributed by atoms with E-state index in [1.807, 2.05) is 19.1 Å². The number of imidazole rings is 1. The van der Waals surface area contributed by atoms with Crippen LogP contribution in [0.4, 0.5) is 8.78 Å². The average Bonchev–Trinajstić information content (AvgIpc) is 2.70. The Morgan fingerprint density at radius 2 is 1.95 bits per heavy atom. The van der Waals surface area contributed by atoms with Gasteiger partial charge < -0.3 is 4.98 Å². The zero-order chi connectivity index (χ0) is 14.4. The second-order valence-electron chi connectivity index (χ2n) is 4.51. The molecule has 0 amide bonds. The number of hydrogen-bond acceptors (Lipinski definition) is 1. The van der Waals surface area contributed by atoms with Crippen molar-refractivity contribution in [1.29, 1.82) is 0 Å². The van der Waals surface area contributed by atoms with E-state index in [9.17, 15) is 8.78 Å². The van der Waals surface area contributed by atoms with Gasteiger partial charge in [-0.1, -0.05) is 15.9 Å². The van der Waals surface area contributed by atoms with Crippen LogP contribution in [0, 0.1) is 23.3 Å². The van der Waals surface area contributed by atoms with E-state index in [-0.39, 0.29) is 5.52 Å². The van der Waals surface area contributed by atoms with Crippen molar-refractivity contribution in [1.82, 2.24) is 9.55 Å². The Hall–Kier alpha value is -1.53. The van der Waals surface area contributed by atoms with Crippen LogP contribution in [-0.4, -0.2) is 9.55 Å². The molecule has 3 rings (SSSR count). The number of halogens is 3. The summed E-state index contributed by atoms with van der Waals surface area (Å²) >= 11 is 8.62. The van der Waals surface area contributed by atoms with E-state index in [2.05, 4.69) is 20.9 Å². The molecule has 0 atom stereocenters. The highest BCUT2D eigenvalue weighted by Crippen LogP contribution is 2.26. The molecule has 0 radical (unpaired) electrons. The van der Waals surface area contributed by atoms with Crippen molar-refractivity contribution in [2.24, 2.45) is 0 Å². The lowest BCUT2D eigenvalue weighted by molar-refractivity contribution is 0.514. The summed E-state index contributed by atoms with van der Waals surface area (Å²) in [7, 11) is 0. The highest BCUT2D eigenvalue weighted by molar-refractivity contribution is 9.10. The van der Waals surface area contributed by atoms with Gasteiger partial charge in [0.25, 0.3) is 0 Å². The van der Waals surface area contributed by atoms with Crippen LogP contribution in [0.2, 0.25) is 0 Å². The van der Waals surface area contributed by atoms with E-state index in [1.165, 1.54) is 10.6 Å². The second-order valence-corrected chi connectivity index (χ2v) is 5.81. The van der Waals surface area contributed by atoms with Gasteiger partial charge in [-0.2, -0.15) is 0 Å². The molecule has 20 heavy (non-hydrogen) atoms. The fraction of sp³-hybridized carbons (Fsp3) is 0.0714. The molecule has 0 aliphatic rings. The Balaban J connectivity index is 2.44. The number of aromatic nitrogens is 2. The molecule has 102 valence electrons. The summed E-state index contributed by atoms with van der Waals surface area (Å²) in [6, 6.07) is 8.15. The molecule has 0 aliphatic heterocycles. The predicted octanol–water partition coefficient (Wildman–Crippen LogP) is 5.04. The van der Waals surface area contributed by atoms with Gasteiger partial charge in [0.2, 0.25) is 0 Å².